The number of rotatable bonds is 5. The van der Waals surface area contributed by atoms with E-state index in [1.165, 1.54) is 4.88 Å². The van der Waals surface area contributed by atoms with E-state index in [9.17, 15) is 5.11 Å². The van der Waals surface area contributed by atoms with Gasteiger partial charge in [0.2, 0.25) is 0 Å². The van der Waals surface area contributed by atoms with Gasteiger partial charge < -0.3 is 9.84 Å². The minimum atomic E-state index is -1.03. The molecule has 1 unspecified atom stereocenters. The van der Waals surface area contributed by atoms with E-state index in [1.807, 2.05) is 25.1 Å². The predicted molar refractivity (Wildman–Crippen MR) is 77.8 cm³/mol. The van der Waals surface area contributed by atoms with Crippen LogP contribution in [0.2, 0.25) is 0 Å². The Morgan fingerprint density at radius 3 is 2.79 bits per heavy atom. The molecule has 0 aromatic carbocycles. The van der Waals surface area contributed by atoms with E-state index in [0.29, 0.717) is 12.4 Å². The number of aryl methyl sites for hydroxylation is 1. The first-order valence-electron chi connectivity index (χ1n) is 6.41. The van der Waals surface area contributed by atoms with E-state index in [-0.39, 0.29) is 0 Å². The van der Waals surface area contributed by atoms with Crippen molar-refractivity contribution in [3.8, 4) is 5.75 Å². The molecule has 0 aliphatic carbocycles. The summed E-state index contributed by atoms with van der Waals surface area (Å²) in [6, 6.07) is 5.83. The lowest BCUT2D eigenvalue weighted by molar-refractivity contribution is 0.105. The van der Waals surface area contributed by atoms with E-state index >= 15 is 0 Å². The largest absolute Gasteiger partial charge is 0.492 e. The number of thiophene rings is 1. The van der Waals surface area contributed by atoms with Crippen LogP contribution in [0.25, 0.3) is 0 Å². The lowest BCUT2D eigenvalue weighted by atomic mass is 9.96. The van der Waals surface area contributed by atoms with Gasteiger partial charge in [-0.3, -0.25) is 4.98 Å². The van der Waals surface area contributed by atoms with Crippen LogP contribution in [0.5, 0.6) is 5.75 Å². The van der Waals surface area contributed by atoms with E-state index in [1.54, 1.807) is 30.7 Å². The Morgan fingerprint density at radius 1 is 1.37 bits per heavy atom. The molecule has 0 radical (unpaired) electrons. The quantitative estimate of drug-likeness (QED) is 0.909. The van der Waals surface area contributed by atoms with Crippen LogP contribution in [-0.4, -0.2) is 16.7 Å². The molecule has 102 valence electrons. The van der Waals surface area contributed by atoms with Crippen LogP contribution in [-0.2, 0) is 5.60 Å². The zero-order chi connectivity index (χ0) is 13.9. The molecule has 0 amide bonds. The highest BCUT2D eigenvalue weighted by Gasteiger charge is 2.28. The average Bonchev–Trinajstić information content (AvgIpc) is 2.84. The average molecular weight is 277 g/mol. The van der Waals surface area contributed by atoms with Crippen LogP contribution in [0.4, 0.5) is 0 Å². The SMILES string of the molecule is CCCOc1cncc(C(C)(O)c2ccc(C)s2)c1. The van der Waals surface area contributed by atoms with Crippen LogP contribution >= 0.6 is 11.3 Å². The highest BCUT2D eigenvalue weighted by atomic mass is 32.1. The first-order valence-corrected chi connectivity index (χ1v) is 7.23. The molecule has 4 heteroatoms. The van der Waals surface area contributed by atoms with Crippen LogP contribution in [0, 0.1) is 6.92 Å². The zero-order valence-corrected chi connectivity index (χ0v) is 12.3. The third kappa shape index (κ3) is 3.14. The Kier molecular flexibility index (Phi) is 4.22. The van der Waals surface area contributed by atoms with Gasteiger partial charge in [0, 0.05) is 21.5 Å². The Bertz CT molecular complexity index is 549. The van der Waals surface area contributed by atoms with Gasteiger partial charge in [0.05, 0.1) is 12.8 Å². The highest BCUT2D eigenvalue weighted by molar-refractivity contribution is 7.12. The molecule has 19 heavy (non-hydrogen) atoms. The first kappa shape index (κ1) is 14.0. The van der Waals surface area contributed by atoms with Gasteiger partial charge in [-0.05, 0) is 38.5 Å². The minimum Gasteiger partial charge on any atom is -0.492 e. The third-order valence-electron chi connectivity index (χ3n) is 2.97. The van der Waals surface area contributed by atoms with E-state index in [0.717, 1.165) is 16.9 Å². The second kappa shape index (κ2) is 5.72. The van der Waals surface area contributed by atoms with Crippen LogP contribution in [0.3, 0.4) is 0 Å². The molecule has 2 aromatic heterocycles. The molecular weight excluding hydrogens is 258 g/mol. The van der Waals surface area contributed by atoms with Gasteiger partial charge in [0.15, 0.2) is 0 Å². The van der Waals surface area contributed by atoms with Gasteiger partial charge in [-0.25, -0.2) is 0 Å². The maximum absolute atomic E-state index is 10.7. The number of pyridine rings is 1. The molecule has 2 rings (SSSR count). The fourth-order valence-electron chi connectivity index (χ4n) is 1.82. The van der Waals surface area contributed by atoms with Crippen LogP contribution in [0.1, 0.15) is 35.6 Å². The van der Waals surface area contributed by atoms with Gasteiger partial charge in [0.1, 0.15) is 11.4 Å². The van der Waals surface area contributed by atoms with Crippen molar-refractivity contribution in [2.45, 2.75) is 32.8 Å². The molecule has 0 saturated carbocycles. The van der Waals surface area contributed by atoms with Crippen molar-refractivity contribution in [1.82, 2.24) is 4.98 Å². The van der Waals surface area contributed by atoms with Gasteiger partial charge in [-0.2, -0.15) is 0 Å². The Morgan fingerprint density at radius 2 is 2.16 bits per heavy atom. The summed E-state index contributed by atoms with van der Waals surface area (Å²) in [4.78, 5) is 6.25. The van der Waals surface area contributed by atoms with Crippen molar-refractivity contribution >= 4 is 11.3 Å². The topological polar surface area (TPSA) is 42.4 Å². The summed E-state index contributed by atoms with van der Waals surface area (Å²) in [5.41, 5.74) is -0.278. The molecule has 1 atom stereocenters. The molecule has 0 aliphatic heterocycles. The first-order chi connectivity index (χ1) is 9.04. The summed E-state index contributed by atoms with van der Waals surface area (Å²) in [7, 11) is 0. The van der Waals surface area contributed by atoms with Crippen molar-refractivity contribution in [3.05, 3.63) is 45.9 Å². The fourth-order valence-corrected chi connectivity index (χ4v) is 2.76. The summed E-state index contributed by atoms with van der Waals surface area (Å²) in [6.45, 7) is 6.54. The Balaban J connectivity index is 2.29. The fraction of sp³-hybridized carbons (Fsp3) is 0.400. The number of hydrogen-bond acceptors (Lipinski definition) is 4. The molecular formula is C15H19NO2S. The Labute approximate surface area is 117 Å². The number of aliphatic hydroxyl groups is 1. The second-order valence-corrected chi connectivity index (χ2v) is 6.03. The Hall–Kier alpha value is -1.39. The van der Waals surface area contributed by atoms with Crippen LogP contribution < -0.4 is 4.74 Å². The predicted octanol–water partition coefficient (Wildman–Crippen LogP) is 3.50. The second-order valence-electron chi connectivity index (χ2n) is 4.74. The smallest absolute Gasteiger partial charge is 0.137 e. The summed E-state index contributed by atoms with van der Waals surface area (Å²) < 4.78 is 5.56. The third-order valence-corrected chi connectivity index (χ3v) is 4.18. The number of hydrogen-bond donors (Lipinski definition) is 1. The maximum atomic E-state index is 10.7. The standard InChI is InChI=1S/C15H19NO2S/c1-4-7-18-13-8-12(9-16-10-13)15(3,17)14-6-5-11(2)19-14/h5-6,8-10,17H,4,7H2,1-3H3. The summed E-state index contributed by atoms with van der Waals surface area (Å²) in [5, 5.41) is 10.7. The lowest BCUT2D eigenvalue weighted by Crippen LogP contribution is -2.21. The number of nitrogens with zero attached hydrogens (tertiary/aromatic N) is 1. The van der Waals surface area contributed by atoms with Crippen LogP contribution in [0.15, 0.2) is 30.6 Å². The zero-order valence-electron chi connectivity index (χ0n) is 11.5. The molecule has 1 N–H and O–H groups in total. The maximum Gasteiger partial charge on any atom is 0.137 e. The minimum absolute atomic E-state index is 0.658. The highest BCUT2D eigenvalue weighted by Crippen LogP contribution is 2.34. The number of aromatic nitrogens is 1. The lowest BCUT2D eigenvalue weighted by Gasteiger charge is -2.22. The monoisotopic (exact) mass is 277 g/mol. The van der Waals surface area contributed by atoms with Crippen molar-refractivity contribution < 1.29 is 9.84 Å². The molecule has 2 heterocycles. The summed E-state index contributed by atoms with van der Waals surface area (Å²) >= 11 is 1.59. The van der Waals surface area contributed by atoms with Crippen molar-refractivity contribution in [2.75, 3.05) is 6.61 Å². The molecule has 0 aliphatic rings. The van der Waals surface area contributed by atoms with Crippen molar-refractivity contribution in [2.24, 2.45) is 0 Å². The van der Waals surface area contributed by atoms with Gasteiger partial charge in [-0.1, -0.05) is 6.92 Å². The van der Waals surface area contributed by atoms with Crippen molar-refractivity contribution in [1.29, 1.82) is 0 Å². The summed E-state index contributed by atoms with van der Waals surface area (Å²) in [6.07, 6.45) is 4.31. The van der Waals surface area contributed by atoms with E-state index < -0.39 is 5.60 Å². The van der Waals surface area contributed by atoms with Gasteiger partial charge in [-0.15, -0.1) is 11.3 Å². The van der Waals surface area contributed by atoms with E-state index in [4.69, 9.17) is 4.74 Å². The van der Waals surface area contributed by atoms with Gasteiger partial charge >= 0.3 is 0 Å². The number of ether oxygens (including phenoxy) is 1. The molecule has 2 aromatic rings. The van der Waals surface area contributed by atoms with Gasteiger partial charge in [0.25, 0.3) is 0 Å². The molecule has 3 nitrogen and oxygen atoms in total. The van der Waals surface area contributed by atoms with E-state index in [2.05, 4.69) is 11.9 Å². The van der Waals surface area contributed by atoms with Crippen molar-refractivity contribution in [3.63, 3.8) is 0 Å². The normalized spacial score (nSPS) is 14.1. The molecule has 0 saturated heterocycles. The molecule has 0 bridgehead atoms. The molecule has 0 fully saturated rings. The summed E-state index contributed by atoms with van der Waals surface area (Å²) in [5.74, 6) is 0.702. The molecule has 0 spiro atoms.